The zero-order valence-corrected chi connectivity index (χ0v) is 8.76. The van der Waals surface area contributed by atoms with Crippen LogP contribution in [-0.2, 0) is 4.79 Å². The summed E-state index contributed by atoms with van der Waals surface area (Å²) in [5.41, 5.74) is 5.03. The Morgan fingerprint density at radius 2 is 2.23 bits per heavy atom. The molecule has 0 saturated heterocycles. The second-order valence-electron chi connectivity index (χ2n) is 4.43. The second kappa shape index (κ2) is 3.66. The summed E-state index contributed by atoms with van der Waals surface area (Å²) in [6, 6.07) is 0.313. The van der Waals surface area contributed by atoms with E-state index in [-0.39, 0.29) is 5.91 Å². The van der Waals surface area contributed by atoms with Crippen LogP contribution >= 0.6 is 0 Å². The van der Waals surface area contributed by atoms with Crippen molar-refractivity contribution in [3.05, 3.63) is 0 Å². The van der Waals surface area contributed by atoms with Crippen LogP contribution in [0.5, 0.6) is 0 Å². The lowest BCUT2D eigenvalue weighted by molar-refractivity contribution is -0.126. The number of amides is 1. The molecule has 0 bridgehead atoms. The summed E-state index contributed by atoms with van der Waals surface area (Å²) in [6.45, 7) is 6.21. The van der Waals surface area contributed by atoms with Crippen LogP contribution in [0.25, 0.3) is 0 Å². The number of hydrogen-bond acceptors (Lipinski definition) is 2. The Balaban J connectivity index is 2.80. The van der Waals surface area contributed by atoms with Crippen LogP contribution in [0.1, 0.15) is 40.0 Å². The van der Waals surface area contributed by atoms with E-state index in [0.717, 1.165) is 19.3 Å². The lowest BCUT2D eigenvalue weighted by atomic mass is 9.87. The maximum Gasteiger partial charge on any atom is 0.238 e. The van der Waals surface area contributed by atoms with Gasteiger partial charge in [0.1, 0.15) is 5.54 Å². The number of carbonyl (C=O) groups is 1. The summed E-state index contributed by atoms with van der Waals surface area (Å²) in [4.78, 5) is 11.4. The highest BCUT2D eigenvalue weighted by Crippen LogP contribution is 2.35. The van der Waals surface area contributed by atoms with Gasteiger partial charge in [-0.1, -0.05) is 13.3 Å². The third-order valence-corrected chi connectivity index (χ3v) is 3.04. The standard InChI is InChI=1S/C10H20N2O/c1-7(2)12-10(9(11)13)6-4-5-8(10)3/h7-8,12H,4-6H2,1-3H3,(H2,11,13). The molecule has 0 aromatic heterocycles. The van der Waals surface area contributed by atoms with Gasteiger partial charge in [0, 0.05) is 6.04 Å². The Hall–Kier alpha value is -0.570. The molecule has 76 valence electrons. The van der Waals surface area contributed by atoms with Crippen LogP contribution in [0, 0.1) is 5.92 Å². The molecule has 1 saturated carbocycles. The van der Waals surface area contributed by atoms with Crippen molar-refractivity contribution in [1.29, 1.82) is 0 Å². The van der Waals surface area contributed by atoms with E-state index >= 15 is 0 Å². The first-order valence-electron chi connectivity index (χ1n) is 5.06. The molecule has 3 heteroatoms. The van der Waals surface area contributed by atoms with Crippen LogP contribution in [0.2, 0.25) is 0 Å². The molecule has 1 aliphatic rings. The largest absolute Gasteiger partial charge is 0.368 e. The first-order valence-corrected chi connectivity index (χ1v) is 5.06. The van der Waals surface area contributed by atoms with Gasteiger partial charge in [0.15, 0.2) is 0 Å². The third-order valence-electron chi connectivity index (χ3n) is 3.04. The SMILES string of the molecule is CC(C)NC1(C(N)=O)CCCC1C. The van der Waals surface area contributed by atoms with Gasteiger partial charge in [0.2, 0.25) is 5.91 Å². The smallest absolute Gasteiger partial charge is 0.238 e. The van der Waals surface area contributed by atoms with E-state index in [1.807, 2.05) is 0 Å². The second-order valence-corrected chi connectivity index (χ2v) is 4.43. The van der Waals surface area contributed by atoms with Crippen molar-refractivity contribution in [1.82, 2.24) is 5.32 Å². The highest BCUT2D eigenvalue weighted by molar-refractivity contribution is 5.85. The van der Waals surface area contributed by atoms with Crippen molar-refractivity contribution in [2.75, 3.05) is 0 Å². The molecule has 1 aliphatic carbocycles. The van der Waals surface area contributed by atoms with Crippen molar-refractivity contribution < 1.29 is 4.79 Å². The van der Waals surface area contributed by atoms with E-state index in [0.29, 0.717) is 12.0 Å². The maximum atomic E-state index is 11.4. The number of primary amides is 1. The van der Waals surface area contributed by atoms with Crippen molar-refractivity contribution >= 4 is 5.91 Å². The summed E-state index contributed by atoms with van der Waals surface area (Å²) in [5, 5.41) is 3.33. The van der Waals surface area contributed by atoms with Crippen molar-refractivity contribution in [2.45, 2.75) is 51.6 Å². The fourth-order valence-electron chi connectivity index (χ4n) is 2.35. The monoisotopic (exact) mass is 184 g/mol. The molecule has 1 amide bonds. The first kappa shape index (κ1) is 10.5. The van der Waals surface area contributed by atoms with Gasteiger partial charge in [0.05, 0.1) is 0 Å². The van der Waals surface area contributed by atoms with Gasteiger partial charge < -0.3 is 11.1 Å². The average molecular weight is 184 g/mol. The maximum absolute atomic E-state index is 11.4. The predicted octanol–water partition coefficient (Wildman–Crippen LogP) is 1.03. The van der Waals surface area contributed by atoms with E-state index in [4.69, 9.17) is 5.73 Å². The lowest BCUT2D eigenvalue weighted by Gasteiger charge is -2.33. The van der Waals surface area contributed by atoms with E-state index in [1.165, 1.54) is 0 Å². The Labute approximate surface area is 80.1 Å². The van der Waals surface area contributed by atoms with Crippen LogP contribution in [0.15, 0.2) is 0 Å². The molecule has 0 radical (unpaired) electrons. The number of rotatable bonds is 3. The molecule has 2 atom stereocenters. The molecule has 0 spiro atoms. The molecular formula is C10H20N2O. The molecule has 0 aromatic carbocycles. The minimum absolute atomic E-state index is 0.189. The fourth-order valence-corrected chi connectivity index (χ4v) is 2.35. The highest BCUT2D eigenvalue weighted by atomic mass is 16.1. The molecule has 13 heavy (non-hydrogen) atoms. The quantitative estimate of drug-likeness (QED) is 0.688. The molecule has 0 aromatic rings. The summed E-state index contributed by atoms with van der Waals surface area (Å²) in [7, 11) is 0. The topological polar surface area (TPSA) is 55.1 Å². The molecule has 2 unspecified atom stereocenters. The Bertz CT molecular complexity index is 203. The normalized spacial score (nSPS) is 34.0. The number of nitrogens with two attached hydrogens (primary N) is 1. The van der Waals surface area contributed by atoms with Crippen LogP contribution < -0.4 is 11.1 Å². The first-order chi connectivity index (χ1) is 5.99. The zero-order valence-electron chi connectivity index (χ0n) is 8.76. The summed E-state index contributed by atoms with van der Waals surface area (Å²) in [5.74, 6) is 0.179. The van der Waals surface area contributed by atoms with Crippen molar-refractivity contribution in [3.8, 4) is 0 Å². The Morgan fingerprint density at radius 3 is 2.54 bits per heavy atom. The molecule has 1 rings (SSSR count). The molecule has 3 N–H and O–H groups in total. The molecule has 0 aliphatic heterocycles. The van der Waals surface area contributed by atoms with Crippen molar-refractivity contribution in [3.63, 3.8) is 0 Å². The average Bonchev–Trinajstić information content (AvgIpc) is 2.32. The minimum Gasteiger partial charge on any atom is -0.368 e. The fraction of sp³-hybridized carbons (Fsp3) is 0.900. The molecule has 1 fully saturated rings. The number of nitrogens with one attached hydrogen (secondary N) is 1. The van der Waals surface area contributed by atoms with Gasteiger partial charge in [-0.3, -0.25) is 4.79 Å². The van der Waals surface area contributed by atoms with E-state index in [1.54, 1.807) is 0 Å². The molecule has 3 nitrogen and oxygen atoms in total. The van der Waals surface area contributed by atoms with Crippen LogP contribution in [-0.4, -0.2) is 17.5 Å². The van der Waals surface area contributed by atoms with Gasteiger partial charge in [0.25, 0.3) is 0 Å². The van der Waals surface area contributed by atoms with Gasteiger partial charge in [-0.15, -0.1) is 0 Å². The van der Waals surface area contributed by atoms with Gasteiger partial charge >= 0.3 is 0 Å². The predicted molar refractivity (Wildman–Crippen MR) is 53.2 cm³/mol. The molecular weight excluding hydrogens is 164 g/mol. The van der Waals surface area contributed by atoms with E-state index in [2.05, 4.69) is 26.1 Å². The Kier molecular flexibility index (Phi) is 2.96. The minimum atomic E-state index is -0.436. The zero-order chi connectivity index (χ0) is 10.1. The lowest BCUT2D eigenvalue weighted by Crippen LogP contribution is -2.59. The Morgan fingerprint density at radius 1 is 1.62 bits per heavy atom. The van der Waals surface area contributed by atoms with Gasteiger partial charge in [-0.2, -0.15) is 0 Å². The number of carbonyl (C=O) groups excluding carboxylic acids is 1. The van der Waals surface area contributed by atoms with Gasteiger partial charge in [-0.05, 0) is 32.6 Å². The van der Waals surface area contributed by atoms with Crippen LogP contribution in [0.4, 0.5) is 0 Å². The third kappa shape index (κ3) is 1.85. The van der Waals surface area contributed by atoms with Gasteiger partial charge in [-0.25, -0.2) is 0 Å². The van der Waals surface area contributed by atoms with E-state index in [9.17, 15) is 4.79 Å². The van der Waals surface area contributed by atoms with E-state index < -0.39 is 5.54 Å². The summed E-state index contributed by atoms with van der Waals surface area (Å²) < 4.78 is 0. The van der Waals surface area contributed by atoms with Crippen molar-refractivity contribution in [2.24, 2.45) is 11.7 Å². The van der Waals surface area contributed by atoms with Crippen LogP contribution in [0.3, 0.4) is 0 Å². The molecule has 0 heterocycles. The number of hydrogen-bond donors (Lipinski definition) is 2. The summed E-state index contributed by atoms with van der Waals surface area (Å²) >= 11 is 0. The highest BCUT2D eigenvalue weighted by Gasteiger charge is 2.45. The summed E-state index contributed by atoms with van der Waals surface area (Å²) in [6.07, 6.45) is 3.09.